The molecular weight excluding hydrogens is 376 g/mol. The Balaban J connectivity index is 1.80. The van der Waals surface area contributed by atoms with Gasteiger partial charge in [0.05, 0.1) is 12.8 Å². The number of hydrogen-bond donors (Lipinski definition) is 2. The zero-order chi connectivity index (χ0) is 22.2. The van der Waals surface area contributed by atoms with Gasteiger partial charge in [0, 0.05) is 48.3 Å². The molecule has 0 saturated carbocycles. The number of esters is 2. The van der Waals surface area contributed by atoms with E-state index < -0.39 is 28.6 Å². The molecule has 2 atom stereocenters. The number of nitrogens with zero attached hydrogens (tertiary/aromatic N) is 2. The Kier molecular flexibility index (Phi) is 7.04. The summed E-state index contributed by atoms with van der Waals surface area (Å²) in [5, 5.41) is 23.1. The van der Waals surface area contributed by atoms with Crippen LogP contribution in [-0.4, -0.2) is 67.3 Å². The molecule has 2 saturated heterocycles. The van der Waals surface area contributed by atoms with Gasteiger partial charge in [0.15, 0.2) is 0 Å². The summed E-state index contributed by atoms with van der Waals surface area (Å²) in [6.07, 6.45) is 1.50. The van der Waals surface area contributed by atoms with E-state index in [1.165, 1.54) is 10.1 Å². The summed E-state index contributed by atoms with van der Waals surface area (Å²) < 4.78 is 11.1. The number of piperidine rings is 2. The first kappa shape index (κ1) is 24.1. The van der Waals surface area contributed by atoms with Gasteiger partial charge >= 0.3 is 11.9 Å². The molecule has 0 aromatic rings. The smallest absolute Gasteiger partial charge is 0.306 e. The molecule has 2 aliphatic rings. The van der Waals surface area contributed by atoms with Crippen LogP contribution in [0.25, 0.3) is 0 Å². The largest absolute Gasteiger partial charge is 0.462 e. The van der Waals surface area contributed by atoms with Crippen LogP contribution in [0.4, 0.5) is 0 Å². The van der Waals surface area contributed by atoms with Crippen molar-refractivity contribution in [2.75, 3.05) is 0 Å². The summed E-state index contributed by atoms with van der Waals surface area (Å²) >= 11 is 0. The maximum Gasteiger partial charge on any atom is 0.306 e. The fraction of sp³-hybridized carbons (Fsp3) is 0.905. The highest BCUT2D eigenvalue weighted by Gasteiger charge is 2.46. The molecule has 8 heteroatoms. The molecule has 0 aromatic heterocycles. The predicted octanol–water partition coefficient (Wildman–Crippen LogP) is 3.28. The summed E-state index contributed by atoms with van der Waals surface area (Å²) in [7, 11) is 0. The highest BCUT2D eigenvalue weighted by Crippen LogP contribution is 2.38. The fourth-order valence-electron chi connectivity index (χ4n) is 4.86. The van der Waals surface area contributed by atoms with Crippen LogP contribution in [0.3, 0.4) is 0 Å². The number of hydroxylamine groups is 4. The van der Waals surface area contributed by atoms with Gasteiger partial charge in [-0.2, -0.15) is 10.1 Å². The van der Waals surface area contributed by atoms with Crippen molar-refractivity contribution >= 4 is 11.9 Å². The van der Waals surface area contributed by atoms with E-state index in [-0.39, 0.29) is 31.1 Å². The molecule has 0 aliphatic carbocycles. The van der Waals surface area contributed by atoms with Gasteiger partial charge in [-0.25, -0.2) is 0 Å². The quantitative estimate of drug-likeness (QED) is 0.661. The van der Waals surface area contributed by atoms with E-state index in [2.05, 4.69) is 0 Å². The molecular formula is C21H38N2O6. The summed E-state index contributed by atoms with van der Waals surface area (Å²) in [5.74, 6) is -0.851. The molecule has 0 spiro atoms. The maximum atomic E-state index is 12.3. The van der Waals surface area contributed by atoms with Crippen molar-refractivity contribution < 1.29 is 29.5 Å². The van der Waals surface area contributed by atoms with Crippen LogP contribution in [0.2, 0.25) is 0 Å². The van der Waals surface area contributed by atoms with Crippen molar-refractivity contribution in [1.29, 1.82) is 0 Å². The summed E-state index contributed by atoms with van der Waals surface area (Å²) in [6, 6.07) is -0.106. The van der Waals surface area contributed by atoms with E-state index >= 15 is 0 Å². The molecule has 2 unspecified atom stereocenters. The first-order chi connectivity index (χ1) is 13.1. The molecule has 0 aromatic carbocycles. The Morgan fingerprint density at radius 3 is 1.69 bits per heavy atom. The Labute approximate surface area is 174 Å². The first-order valence-corrected chi connectivity index (χ1v) is 10.5. The van der Waals surface area contributed by atoms with E-state index in [1.807, 2.05) is 48.5 Å². The Morgan fingerprint density at radius 2 is 1.24 bits per heavy atom. The molecule has 8 nitrogen and oxygen atoms in total. The molecule has 2 heterocycles. The molecule has 0 bridgehead atoms. The zero-order valence-corrected chi connectivity index (χ0v) is 18.9. The number of rotatable bonds is 5. The Morgan fingerprint density at radius 1 is 0.828 bits per heavy atom. The van der Waals surface area contributed by atoms with E-state index in [1.54, 1.807) is 0 Å². The number of carbonyl (C=O) groups is 2. The van der Waals surface area contributed by atoms with Gasteiger partial charge < -0.3 is 19.9 Å². The Bertz CT molecular complexity index is 600. The van der Waals surface area contributed by atoms with Crippen LogP contribution in [0, 0.1) is 0 Å². The van der Waals surface area contributed by atoms with Crippen LogP contribution < -0.4 is 0 Å². The van der Waals surface area contributed by atoms with Gasteiger partial charge in [0.2, 0.25) is 0 Å². The van der Waals surface area contributed by atoms with Crippen molar-refractivity contribution in [2.24, 2.45) is 0 Å². The molecule has 0 amide bonds. The van der Waals surface area contributed by atoms with E-state index in [0.29, 0.717) is 25.7 Å². The standard InChI is InChI=1S/C21H38N2O6/c1-14-10-15(11-19(2,3)22(14)26)28-17(24)8-9-18(25)29-16-12-20(4,5)23(27)21(6,7)13-16/h14-16,26-27H,8-13H2,1-7H3. The maximum absolute atomic E-state index is 12.3. The lowest BCUT2D eigenvalue weighted by Crippen LogP contribution is -2.60. The molecule has 2 fully saturated rings. The Hall–Kier alpha value is -1.22. The SMILES string of the molecule is CC1CC(OC(=O)CCC(=O)OC2CC(C)(C)N(O)C(C)(C)C2)CC(C)(C)N1O. The second-order valence-corrected chi connectivity index (χ2v) is 10.5. The van der Waals surface area contributed by atoms with Crippen molar-refractivity contribution in [3.8, 4) is 0 Å². The third-order valence-electron chi connectivity index (χ3n) is 6.10. The number of hydrogen-bond acceptors (Lipinski definition) is 8. The van der Waals surface area contributed by atoms with Crippen molar-refractivity contribution in [1.82, 2.24) is 10.1 Å². The van der Waals surface area contributed by atoms with Crippen LogP contribution in [0.1, 0.15) is 87.0 Å². The molecule has 29 heavy (non-hydrogen) atoms. The normalized spacial score (nSPS) is 30.0. The summed E-state index contributed by atoms with van der Waals surface area (Å²) in [5.41, 5.74) is -1.48. The van der Waals surface area contributed by atoms with Crippen LogP contribution in [0.5, 0.6) is 0 Å². The van der Waals surface area contributed by atoms with E-state index in [9.17, 15) is 20.0 Å². The highest BCUT2D eigenvalue weighted by molar-refractivity contribution is 5.77. The first-order valence-electron chi connectivity index (χ1n) is 10.5. The number of carbonyl (C=O) groups excluding carboxylic acids is 2. The van der Waals surface area contributed by atoms with Crippen molar-refractivity contribution in [2.45, 2.75) is 122 Å². The van der Waals surface area contributed by atoms with Crippen LogP contribution >= 0.6 is 0 Å². The minimum absolute atomic E-state index is 0.0292. The molecule has 2 N–H and O–H groups in total. The number of ether oxygens (including phenoxy) is 2. The lowest BCUT2D eigenvalue weighted by atomic mass is 9.80. The minimum atomic E-state index is -0.503. The van der Waals surface area contributed by atoms with Gasteiger partial charge in [-0.15, -0.1) is 0 Å². The van der Waals surface area contributed by atoms with Gasteiger partial charge in [-0.1, -0.05) is 0 Å². The van der Waals surface area contributed by atoms with Gasteiger partial charge in [-0.05, 0) is 48.5 Å². The lowest BCUT2D eigenvalue weighted by Gasteiger charge is -2.50. The van der Waals surface area contributed by atoms with Crippen LogP contribution in [-0.2, 0) is 19.1 Å². The second-order valence-electron chi connectivity index (χ2n) is 10.5. The summed E-state index contributed by atoms with van der Waals surface area (Å²) in [4.78, 5) is 24.5. The van der Waals surface area contributed by atoms with E-state index in [0.717, 1.165) is 0 Å². The van der Waals surface area contributed by atoms with E-state index in [4.69, 9.17) is 9.47 Å². The lowest BCUT2D eigenvalue weighted by molar-refractivity contribution is -0.259. The summed E-state index contributed by atoms with van der Waals surface area (Å²) in [6.45, 7) is 13.3. The monoisotopic (exact) mass is 414 g/mol. The molecule has 2 rings (SSSR count). The van der Waals surface area contributed by atoms with Crippen molar-refractivity contribution in [3.63, 3.8) is 0 Å². The van der Waals surface area contributed by atoms with Gasteiger partial charge in [0.25, 0.3) is 0 Å². The average Bonchev–Trinajstić information content (AvgIpc) is 2.55. The van der Waals surface area contributed by atoms with Gasteiger partial charge in [0.1, 0.15) is 12.2 Å². The zero-order valence-electron chi connectivity index (χ0n) is 18.9. The fourth-order valence-corrected chi connectivity index (χ4v) is 4.86. The second kappa shape index (κ2) is 8.49. The third-order valence-corrected chi connectivity index (χ3v) is 6.10. The average molecular weight is 415 g/mol. The van der Waals surface area contributed by atoms with Crippen molar-refractivity contribution in [3.05, 3.63) is 0 Å². The topological polar surface area (TPSA) is 99.5 Å². The minimum Gasteiger partial charge on any atom is -0.462 e. The molecule has 168 valence electrons. The van der Waals surface area contributed by atoms with Crippen LogP contribution in [0.15, 0.2) is 0 Å². The third kappa shape index (κ3) is 5.90. The highest BCUT2D eigenvalue weighted by atomic mass is 16.6. The predicted molar refractivity (Wildman–Crippen MR) is 106 cm³/mol. The molecule has 0 radical (unpaired) electrons. The molecule has 2 aliphatic heterocycles. The van der Waals surface area contributed by atoms with Gasteiger partial charge in [-0.3, -0.25) is 9.59 Å².